The molecule has 0 N–H and O–H groups in total. The van der Waals surface area contributed by atoms with Crippen LogP contribution in [0.5, 0.6) is 0 Å². The summed E-state index contributed by atoms with van der Waals surface area (Å²) in [6, 6.07) is 15.2. The molecule has 10 heteroatoms. The highest BCUT2D eigenvalue weighted by Gasteiger charge is 2.42. The lowest BCUT2D eigenvalue weighted by Gasteiger charge is -2.31. The third-order valence-corrected chi connectivity index (χ3v) is 9.18. The molecule has 196 valence electrons. The molecule has 6 nitrogen and oxygen atoms in total. The Labute approximate surface area is 214 Å². The van der Waals surface area contributed by atoms with E-state index in [0.717, 1.165) is 39.7 Å². The number of hydrogen-bond acceptors (Lipinski definition) is 4. The van der Waals surface area contributed by atoms with E-state index in [0.29, 0.717) is 12.1 Å². The van der Waals surface area contributed by atoms with Gasteiger partial charge >= 0.3 is 6.18 Å². The van der Waals surface area contributed by atoms with Gasteiger partial charge in [-0.05, 0) is 43.0 Å². The molecule has 3 aromatic rings. The second-order valence-electron chi connectivity index (χ2n) is 9.79. The van der Waals surface area contributed by atoms with Crippen molar-refractivity contribution in [1.29, 1.82) is 0 Å². The van der Waals surface area contributed by atoms with Crippen LogP contribution in [0.25, 0.3) is 5.69 Å². The van der Waals surface area contributed by atoms with Crippen molar-refractivity contribution in [1.82, 2.24) is 19.1 Å². The molecule has 0 spiro atoms. The Balaban J connectivity index is 1.40. The number of pyridine rings is 1. The summed E-state index contributed by atoms with van der Waals surface area (Å²) in [5.74, 6) is -1.97. The standard InChI is InChI=1S/C27H29F3N4O2S/c1-19-24-16-32-34(23-8-3-2-4-9-23)25(24)15-20-10-11-21(26(19)20)17-33(37(35,36)18-27(28,29)30)14-12-22-7-5-6-13-31-22/h2-9,13,16,19,21H,10-12,14-15,17-18H2,1H3/t19-,21+/m0/s1. The molecule has 1 aromatic carbocycles. The molecule has 2 heterocycles. The van der Waals surface area contributed by atoms with Gasteiger partial charge < -0.3 is 0 Å². The third kappa shape index (κ3) is 5.50. The van der Waals surface area contributed by atoms with Crippen molar-refractivity contribution in [2.75, 3.05) is 18.8 Å². The average molecular weight is 531 g/mol. The summed E-state index contributed by atoms with van der Waals surface area (Å²) >= 11 is 0. The number of fused-ring (bicyclic) bond motifs is 1. The van der Waals surface area contributed by atoms with Gasteiger partial charge in [-0.3, -0.25) is 4.98 Å². The minimum atomic E-state index is -4.80. The zero-order chi connectivity index (χ0) is 26.2. The summed E-state index contributed by atoms with van der Waals surface area (Å²) in [5.41, 5.74) is 6.24. The zero-order valence-electron chi connectivity index (χ0n) is 20.5. The van der Waals surface area contributed by atoms with Crippen molar-refractivity contribution in [3.05, 3.63) is 89.0 Å². The van der Waals surface area contributed by atoms with Crippen molar-refractivity contribution >= 4 is 10.0 Å². The number of rotatable bonds is 8. The van der Waals surface area contributed by atoms with Crippen LogP contribution in [-0.2, 0) is 22.9 Å². The van der Waals surface area contributed by atoms with Gasteiger partial charge in [0.15, 0.2) is 5.75 Å². The van der Waals surface area contributed by atoms with Gasteiger partial charge in [-0.1, -0.05) is 42.3 Å². The molecule has 0 aliphatic heterocycles. The molecular weight excluding hydrogens is 501 g/mol. The Morgan fingerprint density at radius 1 is 1.11 bits per heavy atom. The topological polar surface area (TPSA) is 68.1 Å². The highest BCUT2D eigenvalue weighted by molar-refractivity contribution is 7.89. The monoisotopic (exact) mass is 530 g/mol. The summed E-state index contributed by atoms with van der Waals surface area (Å²) in [4.78, 5) is 4.21. The van der Waals surface area contributed by atoms with E-state index in [1.165, 1.54) is 5.57 Å². The number of aromatic nitrogens is 3. The molecule has 0 amide bonds. The van der Waals surface area contributed by atoms with E-state index < -0.39 is 22.0 Å². The molecule has 2 aliphatic carbocycles. The molecule has 0 radical (unpaired) electrons. The van der Waals surface area contributed by atoms with Gasteiger partial charge in [0.25, 0.3) is 0 Å². The van der Waals surface area contributed by atoms with E-state index in [4.69, 9.17) is 0 Å². The number of alkyl halides is 3. The van der Waals surface area contributed by atoms with Crippen LogP contribution >= 0.6 is 0 Å². The molecule has 5 rings (SSSR count). The molecule has 0 fully saturated rings. The summed E-state index contributed by atoms with van der Waals surface area (Å²) in [6.07, 6.45) is 1.14. The van der Waals surface area contributed by atoms with E-state index in [9.17, 15) is 21.6 Å². The van der Waals surface area contributed by atoms with Crippen LogP contribution < -0.4 is 0 Å². The normalized spacial score (nSPS) is 19.8. The van der Waals surface area contributed by atoms with Crippen molar-refractivity contribution in [2.45, 2.75) is 44.7 Å². The summed E-state index contributed by atoms with van der Waals surface area (Å²) in [6.45, 7) is 2.09. The van der Waals surface area contributed by atoms with Gasteiger partial charge in [-0.25, -0.2) is 17.4 Å². The molecule has 2 atom stereocenters. The van der Waals surface area contributed by atoms with Gasteiger partial charge in [-0.2, -0.15) is 18.3 Å². The van der Waals surface area contributed by atoms with Crippen molar-refractivity contribution in [3.63, 3.8) is 0 Å². The van der Waals surface area contributed by atoms with Gasteiger partial charge in [0.1, 0.15) is 0 Å². The molecule has 37 heavy (non-hydrogen) atoms. The quantitative estimate of drug-likeness (QED) is 0.382. The van der Waals surface area contributed by atoms with E-state index in [2.05, 4.69) is 17.0 Å². The molecule has 0 bridgehead atoms. The number of sulfonamides is 1. The van der Waals surface area contributed by atoms with Crippen molar-refractivity contribution in [3.8, 4) is 5.69 Å². The van der Waals surface area contributed by atoms with Crippen LogP contribution in [0.15, 0.2) is 72.1 Å². The van der Waals surface area contributed by atoms with Crippen LogP contribution in [0.3, 0.4) is 0 Å². The highest BCUT2D eigenvalue weighted by Crippen LogP contribution is 2.47. The SMILES string of the molecule is C[C@@H]1C2=C(CC[C@@H]2CN(CCc2ccccn2)S(=O)(=O)CC(F)(F)F)Cc2c1cnn2-c1ccccc1. The van der Waals surface area contributed by atoms with E-state index >= 15 is 0 Å². The Kier molecular flexibility index (Phi) is 6.97. The fraction of sp³-hybridized carbons (Fsp3) is 0.407. The number of hydrogen-bond donors (Lipinski definition) is 0. The number of nitrogens with zero attached hydrogens (tertiary/aromatic N) is 4. The molecule has 0 saturated carbocycles. The molecule has 2 aromatic heterocycles. The van der Waals surface area contributed by atoms with Crippen LogP contribution in [-0.4, -0.2) is 52.5 Å². The lowest BCUT2D eigenvalue weighted by molar-refractivity contribution is -0.107. The summed E-state index contributed by atoms with van der Waals surface area (Å²) in [5, 5.41) is 4.63. The molecule has 0 unspecified atom stereocenters. The number of para-hydroxylation sites is 1. The summed E-state index contributed by atoms with van der Waals surface area (Å²) in [7, 11) is -4.54. The predicted octanol–water partition coefficient (Wildman–Crippen LogP) is 5.07. The fourth-order valence-corrected chi connectivity index (χ4v) is 7.11. The largest absolute Gasteiger partial charge is 0.404 e. The molecule has 2 aliphatic rings. The fourth-order valence-electron chi connectivity index (χ4n) is 5.74. The Bertz CT molecular complexity index is 1390. The van der Waals surface area contributed by atoms with Crippen molar-refractivity contribution < 1.29 is 21.6 Å². The molecular formula is C27H29F3N4O2S. The van der Waals surface area contributed by atoms with Crippen LogP contribution in [0, 0.1) is 5.92 Å². The van der Waals surface area contributed by atoms with Crippen LogP contribution in [0.4, 0.5) is 13.2 Å². The van der Waals surface area contributed by atoms with Gasteiger partial charge in [0.2, 0.25) is 10.0 Å². The predicted molar refractivity (Wildman–Crippen MR) is 135 cm³/mol. The maximum absolute atomic E-state index is 13.2. The lowest BCUT2D eigenvalue weighted by Crippen LogP contribution is -2.42. The summed E-state index contributed by atoms with van der Waals surface area (Å²) < 4.78 is 68.4. The van der Waals surface area contributed by atoms with E-state index in [1.54, 1.807) is 24.4 Å². The minimum absolute atomic E-state index is 0.0201. The molecule has 0 saturated heterocycles. The minimum Gasteiger partial charge on any atom is -0.261 e. The van der Waals surface area contributed by atoms with Crippen molar-refractivity contribution in [2.24, 2.45) is 5.92 Å². The van der Waals surface area contributed by atoms with Gasteiger partial charge in [0.05, 0.1) is 17.6 Å². The first-order valence-electron chi connectivity index (χ1n) is 12.4. The van der Waals surface area contributed by atoms with Gasteiger partial charge in [0, 0.05) is 49.3 Å². The zero-order valence-corrected chi connectivity index (χ0v) is 21.3. The Morgan fingerprint density at radius 3 is 2.57 bits per heavy atom. The Hall–Kier alpha value is -2.98. The average Bonchev–Trinajstić information content (AvgIpc) is 3.46. The number of allylic oxidation sites excluding steroid dienone is 1. The van der Waals surface area contributed by atoms with Crippen LogP contribution in [0.2, 0.25) is 0 Å². The second kappa shape index (κ2) is 10.1. The lowest BCUT2D eigenvalue weighted by atomic mass is 9.80. The van der Waals surface area contributed by atoms with Crippen LogP contribution in [0.1, 0.15) is 42.6 Å². The second-order valence-corrected chi connectivity index (χ2v) is 11.8. The van der Waals surface area contributed by atoms with E-state index in [-0.39, 0.29) is 31.3 Å². The van der Waals surface area contributed by atoms with Gasteiger partial charge in [-0.15, -0.1) is 0 Å². The first-order chi connectivity index (χ1) is 17.6. The highest BCUT2D eigenvalue weighted by atomic mass is 32.2. The third-order valence-electron chi connectivity index (χ3n) is 7.37. The smallest absolute Gasteiger partial charge is 0.261 e. The number of halogens is 3. The first-order valence-corrected chi connectivity index (χ1v) is 14.0. The first kappa shape index (κ1) is 25.7. The van der Waals surface area contributed by atoms with E-state index in [1.807, 2.05) is 41.2 Å². The number of benzene rings is 1. The maximum atomic E-state index is 13.2. The maximum Gasteiger partial charge on any atom is 0.404 e. The Morgan fingerprint density at radius 2 is 1.86 bits per heavy atom.